The quantitative estimate of drug-likeness (QED) is 0.0590. The lowest BCUT2D eigenvalue weighted by molar-refractivity contribution is -0.156. The molecule has 4 rings (SSSR count). The molecule has 1 unspecified atom stereocenters. The highest BCUT2D eigenvalue weighted by atomic mass is 32.1. The minimum absolute atomic E-state index is 0.00478. The largest absolute Gasteiger partial charge is 0.493 e. The number of carbonyl (C=O) groups is 5. The van der Waals surface area contributed by atoms with Gasteiger partial charge in [0.2, 0.25) is 11.8 Å². The zero-order valence-corrected chi connectivity index (χ0v) is 36.9. The number of hydrogen-bond donors (Lipinski definition) is 2. The lowest BCUT2D eigenvalue weighted by atomic mass is 10.1. The Morgan fingerprint density at radius 1 is 0.806 bits per heavy atom. The van der Waals surface area contributed by atoms with Crippen LogP contribution in [0.5, 0.6) is 23.0 Å². The Morgan fingerprint density at radius 2 is 1.45 bits per heavy atom. The third kappa shape index (κ3) is 14.8. The highest BCUT2D eigenvalue weighted by Crippen LogP contribution is 2.41. The van der Waals surface area contributed by atoms with Crippen LogP contribution < -0.4 is 30.0 Å². The minimum atomic E-state index is -0.745. The number of amides is 2. The molecule has 2 heterocycles. The van der Waals surface area contributed by atoms with Crippen molar-refractivity contribution in [1.29, 1.82) is 0 Å². The standard InChI is InChI=1S/C43H57F2N3O13S/c1-26(23-47-35(50)12-16-56-18-19-57-17-13-46)60-37(52)10-8-30(49)34-21-28-33(62-34)22-32(55-6)42(39(28)44)59-15-7-14-58-41-31(54-5)20-27-24-48(25-29(27)40(41)45)36(51)9-11-38(53)61-43(2,3)4/h20-22,26H,7-19,23-25,46H2,1-6H3,(H,47,50). The number of nitrogens with zero attached hydrogens (tertiary/aromatic N) is 1. The molecule has 0 saturated heterocycles. The predicted octanol–water partition coefficient (Wildman–Crippen LogP) is 5.40. The van der Waals surface area contributed by atoms with E-state index in [-0.39, 0.29) is 134 Å². The van der Waals surface area contributed by atoms with Crippen LogP contribution in [0.2, 0.25) is 0 Å². The molecule has 3 aromatic rings. The Hall–Kier alpha value is -5.11. The molecule has 0 bridgehead atoms. The molecular formula is C43H57F2N3O13S. The van der Waals surface area contributed by atoms with E-state index in [4.69, 9.17) is 43.6 Å². The molecule has 2 amide bonds. The van der Waals surface area contributed by atoms with Crippen molar-refractivity contribution in [3.05, 3.63) is 45.8 Å². The molecule has 0 saturated carbocycles. The predicted molar refractivity (Wildman–Crippen MR) is 224 cm³/mol. The van der Waals surface area contributed by atoms with E-state index in [0.29, 0.717) is 36.6 Å². The normalized spacial score (nSPS) is 12.8. The van der Waals surface area contributed by atoms with E-state index in [1.54, 1.807) is 39.8 Å². The van der Waals surface area contributed by atoms with Crippen molar-refractivity contribution >= 4 is 51.0 Å². The van der Waals surface area contributed by atoms with E-state index < -0.39 is 35.3 Å². The van der Waals surface area contributed by atoms with Crippen molar-refractivity contribution in [2.45, 2.75) is 91.0 Å². The van der Waals surface area contributed by atoms with Gasteiger partial charge in [-0.15, -0.1) is 11.3 Å². The highest BCUT2D eigenvalue weighted by molar-refractivity contribution is 7.20. The summed E-state index contributed by atoms with van der Waals surface area (Å²) in [6.45, 7) is 8.76. The van der Waals surface area contributed by atoms with Gasteiger partial charge in [0.1, 0.15) is 11.7 Å². The number of methoxy groups -OCH3 is 2. The van der Waals surface area contributed by atoms with Gasteiger partial charge in [-0.05, 0) is 45.4 Å². The summed E-state index contributed by atoms with van der Waals surface area (Å²) >= 11 is 1.04. The summed E-state index contributed by atoms with van der Waals surface area (Å²) in [6, 6.07) is 4.56. The first-order chi connectivity index (χ1) is 29.5. The molecule has 1 aliphatic heterocycles. The number of esters is 2. The molecule has 16 nitrogen and oxygen atoms in total. The SMILES string of the molecule is COc1cc2c(c(F)c1OCCCOc1c(OC)cc3sc(C(=O)CCC(=O)OC(C)CNC(=O)CCOCCOCCN)cc3c1F)CN(C(=O)CCC(=O)OC(C)(C)C)C2. The Bertz CT molecular complexity index is 2040. The molecule has 0 aliphatic carbocycles. The number of nitrogens with one attached hydrogen (secondary N) is 1. The van der Waals surface area contributed by atoms with E-state index >= 15 is 8.78 Å². The van der Waals surface area contributed by atoms with Crippen molar-refractivity contribution < 1.29 is 70.6 Å². The number of nitrogens with two attached hydrogens (primary N) is 1. The lowest BCUT2D eigenvalue weighted by Crippen LogP contribution is -2.33. The van der Waals surface area contributed by atoms with E-state index in [1.807, 2.05) is 0 Å². The number of benzene rings is 2. The number of carbonyl (C=O) groups excluding carboxylic acids is 5. The molecular weight excluding hydrogens is 837 g/mol. The van der Waals surface area contributed by atoms with E-state index in [2.05, 4.69) is 5.32 Å². The minimum Gasteiger partial charge on any atom is -0.493 e. The second-order valence-corrected chi connectivity index (χ2v) is 16.4. The van der Waals surface area contributed by atoms with Gasteiger partial charge in [0, 0.05) is 67.0 Å². The van der Waals surface area contributed by atoms with E-state index in [1.165, 1.54) is 25.2 Å². The summed E-state index contributed by atoms with van der Waals surface area (Å²) < 4.78 is 75.5. The Kier molecular flexibility index (Phi) is 19.1. The maximum atomic E-state index is 15.8. The molecule has 1 aliphatic rings. The molecule has 2 aromatic carbocycles. The Morgan fingerprint density at radius 3 is 2.11 bits per heavy atom. The van der Waals surface area contributed by atoms with E-state index in [9.17, 15) is 24.0 Å². The molecule has 1 atom stereocenters. The number of ketones is 1. The number of fused-ring (bicyclic) bond motifs is 2. The maximum Gasteiger partial charge on any atom is 0.306 e. The number of hydrogen-bond acceptors (Lipinski definition) is 15. The first-order valence-corrected chi connectivity index (χ1v) is 21.1. The summed E-state index contributed by atoms with van der Waals surface area (Å²) in [5.41, 5.74) is 5.51. The van der Waals surface area contributed by atoms with Gasteiger partial charge in [-0.25, -0.2) is 8.78 Å². The molecule has 62 heavy (non-hydrogen) atoms. The van der Waals surface area contributed by atoms with Crippen LogP contribution in [0.25, 0.3) is 10.1 Å². The third-order valence-electron chi connectivity index (χ3n) is 9.17. The molecule has 1 aromatic heterocycles. The first kappa shape index (κ1) is 49.5. The van der Waals surface area contributed by atoms with Crippen LogP contribution in [-0.2, 0) is 51.2 Å². The topological polar surface area (TPSA) is 200 Å². The van der Waals surface area contributed by atoms with Gasteiger partial charge >= 0.3 is 11.9 Å². The van der Waals surface area contributed by atoms with Crippen LogP contribution in [-0.4, -0.2) is 113 Å². The monoisotopic (exact) mass is 893 g/mol. The van der Waals surface area contributed by atoms with Gasteiger partial charge in [-0.2, -0.15) is 0 Å². The average Bonchev–Trinajstić information content (AvgIpc) is 3.87. The lowest BCUT2D eigenvalue weighted by Gasteiger charge is -2.20. The number of Topliss-reactive ketones (excluding diaryl/α,β-unsaturated/α-hetero) is 1. The summed E-state index contributed by atoms with van der Waals surface area (Å²) in [5.74, 6) is -3.60. The van der Waals surface area contributed by atoms with Crippen LogP contribution in [0.1, 0.15) is 87.0 Å². The van der Waals surface area contributed by atoms with E-state index in [0.717, 1.165) is 11.3 Å². The van der Waals surface area contributed by atoms with Gasteiger partial charge in [0.25, 0.3) is 0 Å². The number of halogens is 2. The fourth-order valence-corrected chi connectivity index (χ4v) is 7.25. The molecule has 19 heteroatoms. The maximum absolute atomic E-state index is 15.8. The van der Waals surface area contributed by atoms with Gasteiger partial charge < -0.3 is 53.8 Å². The highest BCUT2D eigenvalue weighted by Gasteiger charge is 2.31. The van der Waals surface area contributed by atoms with Crippen LogP contribution >= 0.6 is 11.3 Å². The Balaban J connectivity index is 1.24. The summed E-state index contributed by atoms with van der Waals surface area (Å²) in [5, 5.41) is 2.80. The van der Waals surface area contributed by atoms with Crippen molar-refractivity contribution in [3.63, 3.8) is 0 Å². The molecule has 0 radical (unpaired) electrons. The van der Waals surface area contributed by atoms with Crippen molar-refractivity contribution in [2.75, 3.05) is 67.0 Å². The van der Waals surface area contributed by atoms with Gasteiger partial charge in [-0.1, -0.05) is 0 Å². The molecule has 0 spiro atoms. The molecule has 3 N–H and O–H groups in total. The Labute approximate surface area is 363 Å². The van der Waals surface area contributed by atoms with Gasteiger partial charge in [0.05, 0.1) is 78.1 Å². The molecule has 0 fully saturated rings. The fourth-order valence-electron chi connectivity index (χ4n) is 6.19. The zero-order valence-electron chi connectivity index (χ0n) is 36.1. The van der Waals surface area contributed by atoms with Crippen LogP contribution in [0, 0.1) is 11.6 Å². The third-order valence-corrected chi connectivity index (χ3v) is 10.3. The van der Waals surface area contributed by atoms with Crippen LogP contribution in [0.15, 0.2) is 18.2 Å². The zero-order chi connectivity index (χ0) is 45.4. The fraction of sp³-hybridized carbons (Fsp3) is 0.558. The number of ether oxygens (including phenoxy) is 8. The smallest absolute Gasteiger partial charge is 0.306 e. The second kappa shape index (κ2) is 23.9. The molecule has 342 valence electrons. The van der Waals surface area contributed by atoms with Crippen LogP contribution in [0.3, 0.4) is 0 Å². The van der Waals surface area contributed by atoms with Crippen molar-refractivity contribution in [1.82, 2.24) is 10.2 Å². The number of rotatable bonds is 26. The summed E-state index contributed by atoms with van der Waals surface area (Å²) in [4.78, 5) is 64.2. The summed E-state index contributed by atoms with van der Waals surface area (Å²) in [6.07, 6.45) is -0.886. The van der Waals surface area contributed by atoms with Crippen molar-refractivity contribution in [2.24, 2.45) is 5.73 Å². The average molecular weight is 894 g/mol. The van der Waals surface area contributed by atoms with Gasteiger partial charge in [-0.3, -0.25) is 24.0 Å². The van der Waals surface area contributed by atoms with Crippen molar-refractivity contribution in [3.8, 4) is 23.0 Å². The summed E-state index contributed by atoms with van der Waals surface area (Å²) in [7, 11) is 2.72. The first-order valence-electron chi connectivity index (χ1n) is 20.3. The second-order valence-electron chi connectivity index (χ2n) is 15.3. The van der Waals surface area contributed by atoms with Gasteiger partial charge in [0.15, 0.2) is 40.4 Å². The number of thiophene rings is 1. The van der Waals surface area contributed by atoms with Crippen LogP contribution in [0.4, 0.5) is 8.78 Å².